The first-order valence-corrected chi connectivity index (χ1v) is 12.0. The maximum atomic E-state index is 14.7. The summed E-state index contributed by atoms with van der Waals surface area (Å²) in [5.41, 5.74) is -2.65. The van der Waals surface area contributed by atoms with E-state index in [2.05, 4.69) is 22.1 Å². The van der Waals surface area contributed by atoms with Gasteiger partial charge in [-0.25, -0.2) is 18.6 Å². The van der Waals surface area contributed by atoms with Crippen LogP contribution in [0.3, 0.4) is 0 Å². The summed E-state index contributed by atoms with van der Waals surface area (Å²) in [6.07, 6.45) is -2.07. The summed E-state index contributed by atoms with van der Waals surface area (Å²) >= 11 is 1.26. The topological polar surface area (TPSA) is 77.5 Å². The number of nitrogens with zero attached hydrogens (tertiary/aromatic N) is 2. The first-order chi connectivity index (χ1) is 17.0. The molecule has 0 unspecified atom stereocenters. The zero-order chi connectivity index (χ0) is 26.1. The molecule has 1 fully saturated rings. The van der Waals surface area contributed by atoms with Gasteiger partial charge in [-0.15, -0.1) is 11.3 Å². The van der Waals surface area contributed by atoms with Crippen molar-refractivity contribution in [1.29, 1.82) is 0 Å². The highest BCUT2D eigenvalue weighted by Gasteiger charge is 2.36. The molecule has 3 N–H and O–H groups in total. The predicted octanol–water partition coefficient (Wildman–Crippen LogP) is 6.05. The highest BCUT2D eigenvalue weighted by molar-refractivity contribution is 7.15. The molecule has 1 aliphatic heterocycles. The number of alkyl halides is 3. The number of aliphatic hydroxyl groups is 1. The van der Waals surface area contributed by atoms with Crippen molar-refractivity contribution in [3.63, 3.8) is 0 Å². The molecule has 0 saturated carbocycles. The number of hydrogen-bond acceptors (Lipinski definition) is 5. The summed E-state index contributed by atoms with van der Waals surface area (Å²) in [6.45, 7) is 4.48. The SMILES string of the molecule is CCN1CCC(O)(c2ncc(-c3ccc(NC(=O)Nc4cc(C(F)(F)F)ccc4F)c(F)c3)s2)CC1. The molecule has 12 heteroatoms. The number of anilines is 2. The van der Waals surface area contributed by atoms with E-state index in [1.165, 1.54) is 29.5 Å². The fourth-order valence-corrected chi connectivity index (χ4v) is 4.98. The molecule has 2 aromatic carbocycles. The van der Waals surface area contributed by atoms with E-state index in [1.807, 2.05) is 5.32 Å². The Morgan fingerprint density at radius 2 is 1.78 bits per heavy atom. The van der Waals surface area contributed by atoms with E-state index < -0.39 is 40.7 Å². The summed E-state index contributed by atoms with van der Waals surface area (Å²) in [6, 6.07) is 4.46. The first kappa shape index (κ1) is 26.0. The largest absolute Gasteiger partial charge is 0.416 e. The van der Waals surface area contributed by atoms with Crippen molar-refractivity contribution < 1.29 is 31.9 Å². The van der Waals surface area contributed by atoms with Gasteiger partial charge in [0, 0.05) is 19.3 Å². The number of aromatic nitrogens is 1. The monoisotopic (exact) mass is 526 g/mol. The molecule has 192 valence electrons. The summed E-state index contributed by atoms with van der Waals surface area (Å²) < 4.78 is 67.1. The number of carbonyl (C=O) groups excluding carboxylic acids is 1. The van der Waals surface area contributed by atoms with Gasteiger partial charge >= 0.3 is 12.2 Å². The lowest BCUT2D eigenvalue weighted by molar-refractivity contribution is -0.137. The van der Waals surface area contributed by atoms with Gasteiger partial charge in [-0.2, -0.15) is 13.2 Å². The average Bonchev–Trinajstić information content (AvgIpc) is 3.33. The van der Waals surface area contributed by atoms with E-state index in [-0.39, 0.29) is 5.69 Å². The molecule has 2 heterocycles. The van der Waals surface area contributed by atoms with Gasteiger partial charge in [-0.05, 0) is 55.3 Å². The van der Waals surface area contributed by atoms with Crippen LogP contribution in [0.15, 0.2) is 42.6 Å². The molecule has 1 aliphatic rings. The van der Waals surface area contributed by atoms with Gasteiger partial charge in [-0.3, -0.25) is 0 Å². The Kier molecular flexibility index (Phi) is 7.30. The lowest BCUT2D eigenvalue weighted by Crippen LogP contribution is -2.42. The molecule has 2 amide bonds. The van der Waals surface area contributed by atoms with Crippen molar-refractivity contribution in [3.05, 3.63) is 64.8 Å². The van der Waals surface area contributed by atoms with Crippen molar-refractivity contribution in [2.24, 2.45) is 0 Å². The van der Waals surface area contributed by atoms with Crippen LogP contribution in [0, 0.1) is 11.6 Å². The number of benzene rings is 2. The van der Waals surface area contributed by atoms with E-state index in [0.29, 0.717) is 46.5 Å². The molecule has 0 radical (unpaired) electrons. The molecule has 6 nitrogen and oxygen atoms in total. The highest BCUT2D eigenvalue weighted by Crippen LogP contribution is 2.38. The third-order valence-electron chi connectivity index (χ3n) is 6.08. The van der Waals surface area contributed by atoms with E-state index >= 15 is 0 Å². The quantitative estimate of drug-likeness (QED) is 0.354. The Bertz CT molecular complexity index is 1260. The maximum Gasteiger partial charge on any atom is 0.416 e. The van der Waals surface area contributed by atoms with Crippen molar-refractivity contribution in [2.75, 3.05) is 30.3 Å². The second-order valence-corrected chi connectivity index (χ2v) is 9.49. The van der Waals surface area contributed by atoms with Gasteiger partial charge in [-0.1, -0.05) is 13.0 Å². The van der Waals surface area contributed by atoms with Crippen LogP contribution in [0.25, 0.3) is 10.4 Å². The Labute approximate surface area is 207 Å². The molecule has 4 rings (SSSR count). The molecule has 3 aromatic rings. The summed E-state index contributed by atoms with van der Waals surface area (Å²) in [5, 5.41) is 15.7. The zero-order valence-corrected chi connectivity index (χ0v) is 19.9. The maximum absolute atomic E-state index is 14.7. The number of likely N-dealkylation sites (tertiary alicyclic amines) is 1. The fourth-order valence-electron chi connectivity index (χ4n) is 3.92. The predicted molar refractivity (Wildman–Crippen MR) is 127 cm³/mol. The second kappa shape index (κ2) is 10.1. The third-order valence-corrected chi connectivity index (χ3v) is 7.32. The Balaban J connectivity index is 1.45. The number of carbonyl (C=O) groups is 1. The van der Waals surface area contributed by atoms with Crippen LogP contribution in [0.1, 0.15) is 30.3 Å². The molecule has 0 spiro atoms. The van der Waals surface area contributed by atoms with Gasteiger partial charge in [0.05, 0.1) is 21.8 Å². The van der Waals surface area contributed by atoms with E-state index in [1.54, 1.807) is 6.20 Å². The first-order valence-electron chi connectivity index (χ1n) is 11.1. The van der Waals surface area contributed by atoms with Crippen LogP contribution in [0.4, 0.5) is 38.1 Å². The van der Waals surface area contributed by atoms with Crippen LogP contribution in [-0.4, -0.2) is 40.7 Å². The minimum absolute atomic E-state index is 0.251. The summed E-state index contributed by atoms with van der Waals surface area (Å²) in [5.74, 6) is -1.88. The van der Waals surface area contributed by atoms with Gasteiger partial charge in [0.1, 0.15) is 22.2 Å². The zero-order valence-electron chi connectivity index (χ0n) is 19.1. The number of urea groups is 1. The van der Waals surface area contributed by atoms with Crippen molar-refractivity contribution in [3.8, 4) is 10.4 Å². The number of thiazole rings is 1. The number of piperidine rings is 1. The average molecular weight is 527 g/mol. The normalized spacial score (nSPS) is 16.1. The fraction of sp³-hybridized carbons (Fsp3) is 0.333. The van der Waals surface area contributed by atoms with Crippen LogP contribution in [0.5, 0.6) is 0 Å². The van der Waals surface area contributed by atoms with Crippen LogP contribution >= 0.6 is 11.3 Å². The third kappa shape index (κ3) is 5.66. The van der Waals surface area contributed by atoms with Crippen LogP contribution < -0.4 is 10.6 Å². The lowest BCUT2D eigenvalue weighted by Gasteiger charge is -2.36. The van der Waals surface area contributed by atoms with Gasteiger partial charge in [0.2, 0.25) is 0 Å². The van der Waals surface area contributed by atoms with Crippen LogP contribution in [0.2, 0.25) is 0 Å². The Morgan fingerprint density at radius 3 is 2.42 bits per heavy atom. The summed E-state index contributed by atoms with van der Waals surface area (Å²) in [7, 11) is 0. The standard InChI is InChI=1S/C24H23F5N4O2S/c1-2-33-9-7-23(35,8-10-33)21-30-13-20(36-21)14-3-6-18(17(26)11-14)31-22(34)32-19-12-15(24(27,28)29)4-5-16(19)25/h3-6,11-13,35H,2,7-10H2,1H3,(H2,31,32,34). The Morgan fingerprint density at radius 1 is 1.08 bits per heavy atom. The molecule has 1 aromatic heterocycles. The van der Waals surface area contributed by atoms with Crippen molar-refractivity contribution in [1.82, 2.24) is 9.88 Å². The van der Waals surface area contributed by atoms with E-state index in [9.17, 15) is 31.9 Å². The van der Waals surface area contributed by atoms with Crippen molar-refractivity contribution >= 4 is 28.7 Å². The molecular formula is C24H23F5N4O2S. The number of nitrogens with one attached hydrogen (secondary N) is 2. The van der Waals surface area contributed by atoms with Crippen LogP contribution in [-0.2, 0) is 11.8 Å². The molecule has 0 aliphatic carbocycles. The summed E-state index contributed by atoms with van der Waals surface area (Å²) in [4.78, 5) is 19.4. The molecular weight excluding hydrogens is 503 g/mol. The smallest absolute Gasteiger partial charge is 0.383 e. The second-order valence-electron chi connectivity index (χ2n) is 8.46. The van der Waals surface area contributed by atoms with Gasteiger partial charge in [0.15, 0.2) is 0 Å². The Hall–Kier alpha value is -3.09. The molecule has 0 atom stereocenters. The molecule has 1 saturated heterocycles. The minimum Gasteiger partial charge on any atom is -0.383 e. The lowest BCUT2D eigenvalue weighted by atomic mass is 9.92. The number of rotatable bonds is 5. The van der Waals surface area contributed by atoms with Gasteiger partial charge in [0.25, 0.3) is 0 Å². The number of hydrogen-bond donors (Lipinski definition) is 3. The van der Waals surface area contributed by atoms with E-state index in [4.69, 9.17) is 0 Å². The highest BCUT2D eigenvalue weighted by atomic mass is 32.1. The molecule has 36 heavy (non-hydrogen) atoms. The molecule has 0 bridgehead atoms. The number of halogens is 5. The number of amides is 2. The van der Waals surface area contributed by atoms with Crippen molar-refractivity contribution in [2.45, 2.75) is 31.5 Å². The minimum atomic E-state index is -4.72. The van der Waals surface area contributed by atoms with E-state index in [0.717, 1.165) is 19.6 Å². The van der Waals surface area contributed by atoms with Gasteiger partial charge < -0.3 is 20.6 Å².